The molecule has 19 heavy (non-hydrogen) atoms. The summed E-state index contributed by atoms with van der Waals surface area (Å²) in [6.07, 6.45) is 5.59. The van der Waals surface area contributed by atoms with E-state index < -0.39 is 0 Å². The first-order chi connectivity index (χ1) is 9.26. The van der Waals surface area contributed by atoms with Crippen molar-refractivity contribution in [2.75, 3.05) is 0 Å². The third-order valence-corrected chi connectivity index (χ3v) is 4.12. The van der Waals surface area contributed by atoms with Crippen molar-refractivity contribution >= 4 is 17.0 Å². The SMILES string of the molecule is CCCCn1ccsc1=Nc1c(C)cccc1CC. The number of rotatable bonds is 5. The maximum Gasteiger partial charge on any atom is 0.189 e. The summed E-state index contributed by atoms with van der Waals surface area (Å²) in [5.41, 5.74) is 3.74. The lowest BCUT2D eigenvalue weighted by Crippen LogP contribution is -2.13. The summed E-state index contributed by atoms with van der Waals surface area (Å²) in [6, 6.07) is 6.44. The first-order valence-corrected chi connectivity index (χ1v) is 7.91. The highest BCUT2D eigenvalue weighted by Gasteiger charge is 2.03. The molecule has 2 nitrogen and oxygen atoms in total. The van der Waals surface area contributed by atoms with E-state index in [1.807, 2.05) is 0 Å². The molecule has 0 aliphatic heterocycles. The van der Waals surface area contributed by atoms with Crippen molar-refractivity contribution in [2.45, 2.75) is 46.6 Å². The van der Waals surface area contributed by atoms with Crippen LogP contribution in [0.5, 0.6) is 0 Å². The van der Waals surface area contributed by atoms with E-state index >= 15 is 0 Å². The summed E-state index contributed by atoms with van der Waals surface area (Å²) < 4.78 is 2.26. The number of aromatic nitrogens is 1. The molecule has 0 saturated heterocycles. The van der Waals surface area contributed by atoms with Crippen LogP contribution in [0.3, 0.4) is 0 Å². The minimum Gasteiger partial charge on any atom is -0.324 e. The number of thiazole rings is 1. The largest absolute Gasteiger partial charge is 0.324 e. The highest BCUT2D eigenvalue weighted by molar-refractivity contribution is 7.07. The second kappa shape index (κ2) is 6.71. The van der Waals surface area contributed by atoms with Gasteiger partial charge in [0.1, 0.15) is 0 Å². The van der Waals surface area contributed by atoms with Gasteiger partial charge in [0.05, 0.1) is 5.69 Å². The average Bonchev–Trinajstić information content (AvgIpc) is 2.86. The minimum absolute atomic E-state index is 1.03. The zero-order valence-corrected chi connectivity index (χ0v) is 12.8. The smallest absolute Gasteiger partial charge is 0.189 e. The summed E-state index contributed by atoms with van der Waals surface area (Å²) in [6.45, 7) is 7.61. The Kier molecular flexibility index (Phi) is 4.97. The molecule has 2 rings (SSSR count). The van der Waals surface area contributed by atoms with Crippen LogP contribution in [0.4, 0.5) is 5.69 Å². The zero-order chi connectivity index (χ0) is 13.7. The molecule has 0 spiro atoms. The molecule has 0 saturated carbocycles. The topological polar surface area (TPSA) is 17.3 Å². The summed E-state index contributed by atoms with van der Waals surface area (Å²) in [5.74, 6) is 0. The molecule has 1 heterocycles. The van der Waals surface area contributed by atoms with E-state index in [9.17, 15) is 0 Å². The van der Waals surface area contributed by atoms with E-state index in [1.54, 1.807) is 11.3 Å². The van der Waals surface area contributed by atoms with E-state index in [0.29, 0.717) is 0 Å². The molecule has 0 bridgehead atoms. The van der Waals surface area contributed by atoms with E-state index in [2.05, 4.69) is 55.1 Å². The summed E-state index contributed by atoms with van der Waals surface area (Å²) in [7, 11) is 0. The predicted molar refractivity (Wildman–Crippen MR) is 83.0 cm³/mol. The Bertz CT molecular complexity index is 593. The normalized spacial score (nSPS) is 12.1. The van der Waals surface area contributed by atoms with Crippen LogP contribution >= 0.6 is 11.3 Å². The van der Waals surface area contributed by atoms with Gasteiger partial charge in [0.2, 0.25) is 0 Å². The Balaban J connectivity index is 2.44. The maximum atomic E-state index is 4.91. The molecule has 0 amide bonds. The van der Waals surface area contributed by atoms with Crippen LogP contribution in [0.15, 0.2) is 34.8 Å². The van der Waals surface area contributed by atoms with Gasteiger partial charge in [0, 0.05) is 18.1 Å². The summed E-state index contributed by atoms with van der Waals surface area (Å²) in [4.78, 5) is 6.01. The molecule has 0 N–H and O–H groups in total. The predicted octanol–water partition coefficient (Wildman–Crippen LogP) is 4.45. The zero-order valence-electron chi connectivity index (χ0n) is 12.0. The Morgan fingerprint density at radius 2 is 2.11 bits per heavy atom. The number of hydrogen-bond donors (Lipinski definition) is 0. The van der Waals surface area contributed by atoms with Crippen molar-refractivity contribution in [3.05, 3.63) is 45.7 Å². The monoisotopic (exact) mass is 274 g/mol. The molecule has 0 aliphatic rings. The van der Waals surface area contributed by atoms with Crippen LogP contribution in [0, 0.1) is 6.92 Å². The number of hydrogen-bond acceptors (Lipinski definition) is 2. The van der Waals surface area contributed by atoms with Gasteiger partial charge >= 0.3 is 0 Å². The van der Waals surface area contributed by atoms with Crippen molar-refractivity contribution in [3.63, 3.8) is 0 Å². The maximum absolute atomic E-state index is 4.91. The Labute approximate surface area is 119 Å². The number of para-hydroxylation sites is 1. The van der Waals surface area contributed by atoms with Gasteiger partial charge in [-0.05, 0) is 30.9 Å². The second-order valence-electron chi connectivity index (χ2n) is 4.78. The van der Waals surface area contributed by atoms with Crippen molar-refractivity contribution in [1.82, 2.24) is 4.57 Å². The van der Waals surface area contributed by atoms with Gasteiger partial charge in [-0.15, -0.1) is 11.3 Å². The molecule has 3 heteroatoms. The van der Waals surface area contributed by atoms with Gasteiger partial charge < -0.3 is 4.57 Å². The summed E-state index contributed by atoms with van der Waals surface area (Å²) in [5, 5.41) is 2.12. The molecular formula is C16H22N2S. The first kappa shape index (κ1) is 14.1. The second-order valence-corrected chi connectivity index (χ2v) is 5.65. The van der Waals surface area contributed by atoms with Crippen molar-refractivity contribution in [2.24, 2.45) is 4.99 Å². The van der Waals surface area contributed by atoms with Crippen LogP contribution in [-0.4, -0.2) is 4.57 Å². The van der Waals surface area contributed by atoms with E-state index in [1.165, 1.54) is 24.0 Å². The number of benzene rings is 1. The molecule has 0 atom stereocenters. The fourth-order valence-electron chi connectivity index (χ4n) is 2.15. The standard InChI is InChI=1S/C16H22N2S/c1-4-6-10-18-11-12-19-16(18)17-15-13(3)8-7-9-14(15)5-2/h7-9,11-12H,4-6,10H2,1-3H3. The highest BCUT2D eigenvalue weighted by atomic mass is 32.1. The summed E-state index contributed by atoms with van der Waals surface area (Å²) >= 11 is 1.72. The van der Waals surface area contributed by atoms with Crippen LogP contribution < -0.4 is 4.80 Å². The molecule has 0 aliphatic carbocycles. The molecule has 102 valence electrons. The van der Waals surface area contributed by atoms with Crippen LogP contribution in [0.1, 0.15) is 37.8 Å². The van der Waals surface area contributed by atoms with Crippen LogP contribution in [0.25, 0.3) is 0 Å². The Morgan fingerprint density at radius 3 is 2.84 bits per heavy atom. The van der Waals surface area contributed by atoms with Crippen molar-refractivity contribution in [1.29, 1.82) is 0 Å². The van der Waals surface area contributed by atoms with Crippen molar-refractivity contribution in [3.8, 4) is 0 Å². The van der Waals surface area contributed by atoms with Crippen molar-refractivity contribution < 1.29 is 0 Å². The molecule has 1 aromatic heterocycles. The lowest BCUT2D eigenvalue weighted by Gasteiger charge is -2.06. The average molecular weight is 274 g/mol. The molecular weight excluding hydrogens is 252 g/mol. The quantitative estimate of drug-likeness (QED) is 0.766. The Hall–Kier alpha value is -1.35. The van der Waals surface area contributed by atoms with E-state index in [0.717, 1.165) is 23.5 Å². The fraction of sp³-hybridized carbons (Fsp3) is 0.438. The minimum atomic E-state index is 1.03. The lowest BCUT2D eigenvalue weighted by atomic mass is 10.1. The van der Waals surface area contributed by atoms with Gasteiger partial charge in [-0.25, -0.2) is 4.99 Å². The van der Waals surface area contributed by atoms with Gasteiger partial charge in [-0.3, -0.25) is 0 Å². The molecule has 1 aromatic carbocycles. The molecule has 2 aromatic rings. The third-order valence-electron chi connectivity index (χ3n) is 3.32. The van der Waals surface area contributed by atoms with E-state index in [-0.39, 0.29) is 0 Å². The lowest BCUT2D eigenvalue weighted by molar-refractivity contribution is 0.618. The number of unbranched alkanes of at least 4 members (excludes halogenated alkanes) is 1. The highest BCUT2D eigenvalue weighted by Crippen LogP contribution is 2.23. The van der Waals surface area contributed by atoms with Gasteiger partial charge in [0.25, 0.3) is 0 Å². The van der Waals surface area contributed by atoms with Crippen LogP contribution in [0.2, 0.25) is 0 Å². The third kappa shape index (κ3) is 3.35. The molecule has 0 unspecified atom stereocenters. The molecule has 0 radical (unpaired) electrons. The van der Waals surface area contributed by atoms with Gasteiger partial charge in [0.15, 0.2) is 4.80 Å². The van der Waals surface area contributed by atoms with Gasteiger partial charge in [-0.2, -0.15) is 0 Å². The number of aryl methyl sites for hydroxylation is 3. The van der Waals surface area contributed by atoms with E-state index in [4.69, 9.17) is 4.99 Å². The molecule has 0 fully saturated rings. The number of nitrogens with zero attached hydrogens (tertiary/aromatic N) is 2. The van der Waals surface area contributed by atoms with Gasteiger partial charge in [-0.1, -0.05) is 38.5 Å². The van der Waals surface area contributed by atoms with Crippen LogP contribution in [-0.2, 0) is 13.0 Å². The first-order valence-electron chi connectivity index (χ1n) is 7.03. The Morgan fingerprint density at radius 1 is 1.26 bits per heavy atom. The fourth-order valence-corrected chi connectivity index (χ4v) is 2.91.